The highest BCUT2D eigenvalue weighted by molar-refractivity contribution is 5.77. The molecule has 182 valence electrons. The minimum absolute atomic E-state index is 0.247. The largest absolute Gasteiger partial charge is 0.396 e. The van der Waals surface area contributed by atoms with Crippen LogP contribution >= 0.6 is 0 Å². The lowest BCUT2D eigenvalue weighted by atomic mass is 9.79. The van der Waals surface area contributed by atoms with Crippen LogP contribution in [0.15, 0.2) is 36.9 Å². The van der Waals surface area contributed by atoms with E-state index in [0.29, 0.717) is 40.2 Å². The van der Waals surface area contributed by atoms with Crippen molar-refractivity contribution in [1.29, 1.82) is 10.5 Å². The van der Waals surface area contributed by atoms with Gasteiger partial charge in [-0.25, -0.2) is 14.6 Å². The average Bonchev–Trinajstić information content (AvgIpc) is 3.56. The molecule has 1 fully saturated rings. The molecule has 11 heteroatoms. The van der Waals surface area contributed by atoms with E-state index >= 15 is 0 Å². The molecule has 1 aliphatic carbocycles. The topological polar surface area (TPSA) is 154 Å². The van der Waals surface area contributed by atoms with Crippen LogP contribution in [0.3, 0.4) is 0 Å². The smallest absolute Gasteiger partial charge is 0.164 e. The van der Waals surface area contributed by atoms with E-state index in [0.717, 1.165) is 43.2 Å². The molecule has 0 bridgehead atoms. The van der Waals surface area contributed by atoms with Gasteiger partial charge in [0, 0.05) is 30.2 Å². The van der Waals surface area contributed by atoms with E-state index in [-0.39, 0.29) is 6.61 Å². The molecule has 11 nitrogen and oxygen atoms in total. The Labute approximate surface area is 208 Å². The average molecular weight is 483 g/mol. The summed E-state index contributed by atoms with van der Waals surface area (Å²) >= 11 is 0. The summed E-state index contributed by atoms with van der Waals surface area (Å²) in [5.74, 6) is 1.44. The molecule has 0 aliphatic heterocycles. The molecule has 4 aromatic heterocycles. The molecule has 0 amide bonds. The van der Waals surface area contributed by atoms with E-state index in [9.17, 15) is 10.4 Å². The summed E-state index contributed by atoms with van der Waals surface area (Å²) in [5.41, 5.74) is 3.31. The first kappa shape index (κ1) is 23.4. The first-order valence-corrected chi connectivity index (χ1v) is 12.0. The fourth-order valence-corrected chi connectivity index (χ4v) is 4.78. The van der Waals surface area contributed by atoms with Gasteiger partial charge in [0.1, 0.15) is 17.8 Å². The van der Waals surface area contributed by atoms with Crippen LogP contribution in [-0.2, 0) is 0 Å². The number of nitrogens with zero attached hydrogens (tertiary/aromatic N) is 9. The quantitative estimate of drug-likeness (QED) is 0.404. The van der Waals surface area contributed by atoms with Crippen LogP contribution in [0.1, 0.15) is 56.2 Å². The highest BCUT2D eigenvalue weighted by atomic mass is 16.3. The van der Waals surface area contributed by atoms with E-state index in [2.05, 4.69) is 42.8 Å². The van der Waals surface area contributed by atoms with E-state index in [4.69, 9.17) is 5.26 Å². The maximum absolute atomic E-state index is 9.40. The summed E-state index contributed by atoms with van der Waals surface area (Å²) in [5, 5.41) is 44.9. The predicted octanol–water partition coefficient (Wildman–Crippen LogP) is 3.25. The van der Waals surface area contributed by atoms with Crippen molar-refractivity contribution in [3.05, 3.63) is 48.2 Å². The molecule has 2 N–H and O–H groups in total. The maximum Gasteiger partial charge on any atom is 0.164 e. The van der Waals surface area contributed by atoms with Crippen LogP contribution in [0.2, 0.25) is 0 Å². The van der Waals surface area contributed by atoms with E-state index in [1.54, 1.807) is 40.8 Å². The second-order valence-electron chi connectivity index (χ2n) is 9.18. The van der Waals surface area contributed by atoms with Gasteiger partial charge in [-0.3, -0.25) is 0 Å². The van der Waals surface area contributed by atoms with Crippen LogP contribution in [0.25, 0.3) is 22.5 Å². The fourth-order valence-electron chi connectivity index (χ4n) is 4.78. The van der Waals surface area contributed by atoms with E-state index in [1.807, 2.05) is 6.20 Å². The lowest BCUT2D eigenvalue weighted by molar-refractivity contribution is 0.221. The SMILES string of the molecule is C[C@H](C#N)Nc1cc(-n2ncc3cc(C#N)cnc32)ncc1-n1cc([C@H]2CC[C@H](CCO)CC2)nn1. The van der Waals surface area contributed by atoms with E-state index in [1.165, 1.54) is 6.20 Å². The number of hydrogen-bond acceptors (Lipinski definition) is 9. The van der Waals surface area contributed by atoms with Gasteiger partial charge in [-0.15, -0.1) is 5.10 Å². The summed E-state index contributed by atoms with van der Waals surface area (Å²) in [7, 11) is 0. The fraction of sp³-hybridized carbons (Fsp3) is 0.400. The molecular weight excluding hydrogens is 456 g/mol. The Balaban J connectivity index is 1.46. The van der Waals surface area contributed by atoms with Gasteiger partial charge in [0.05, 0.1) is 41.6 Å². The van der Waals surface area contributed by atoms with Gasteiger partial charge in [-0.1, -0.05) is 5.21 Å². The molecule has 1 saturated carbocycles. The molecule has 4 aromatic rings. The zero-order valence-electron chi connectivity index (χ0n) is 19.9. The van der Waals surface area contributed by atoms with Crippen LogP contribution in [0.4, 0.5) is 5.69 Å². The zero-order valence-corrected chi connectivity index (χ0v) is 19.9. The number of pyridine rings is 2. The lowest BCUT2D eigenvalue weighted by Gasteiger charge is -2.26. The molecule has 1 aliphatic rings. The third-order valence-electron chi connectivity index (χ3n) is 6.75. The summed E-state index contributed by atoms with van der Waals surface area (Å²) in [6.45, 7) is 2.02. The summed E-state index contributed by atoms with van der Waals surface area (Å²) in [6.07, 6.45) is 11.9. The lowest BCUT2D eigenvalue weighted by Crippen LogP contribution is -2.16. The Morgan fingerprint density at radius 2 is 1.97 bits per heavy atom. The third-order valence-corrected chi connectivity index (χ3v) is 6.75. The van der Waals surface area contributed by atoms with Crippen molar-refractivity contribution in [2.45, 2.75) is 51.0 Å². The van der Waals surface area contributed by atoms with Gasteiger partial charge >= 0.3 is 0 Å². The second-order valence-corrected chi connectivity index (χ2v) is 9.18. The number of aliphatic hydroxyl groups excluding tert-OH is 1. The molecule has 0 unspecified atom stereocenters. The summed E-state index contributed by atoms with van der Waals surface area (Å²) in [4.78, 5) is 8.97. The summed E-state index contributed by atoms with van der Waals surface area (Å²) < 4.78 is 3.29. The Bertz CT molecular complexity index is 1450. The molecule has 0 radical (unpaired) electrons. The van der Waals surface area contributed by atoms with Crippen LogP contribution < -0.4 is 5.32 Å². The minimum Gasteiger partial charge on any atom is -0.396 e. The zero-order chi connectivity index (χ0) is 25.1. The molecule has 0 aromatic carbocycles. The van der Waals surface area contributed by atoms with Gasteiger partial charge in [0.25, 0.3) is 0 Å². The van der Waals surface area contributed by atoms with Gasteiger partial charge in [0.2, 0.25) is 0 Å². The van der Waals surface area contributed by atoms with Crippen molar-refractivity contribution in [2.24, 2.45) is 5.92 Å². The van der Waals surface area contributed by atoms with Gasteiger partial charge < -0.3 is 10.4 Å². The van der Waals surface area contributed by atoms with Crippen LogP contribution in [0.5, 0.6) is 0 Å². The van der Waals surface area contributed by atoms with E-state index < -0.39 is 6.04 Å². The Kier molecular flexibility index (Phi) is 6.56. The molecule has 0 saturated heterocycles. The molecule has 4 heterocycles. The normalized spacial score (nSPS) is 18.4. The number of fused-ring (bicyclic) bond motifs is 1. The first-order valence-electron chi connectivity index (χ1n) is 12.0. The van der Waals surface area contributed by atoms with Crippen molar-refractivity contribution in [3.63, 3.8) is 0 Å². The monoisotopic (exact) mass is 482 g/mol. The number of aromatic nitrogens is 7. The molecule has 0 spiro atoms. The van der Waals surface area contributed by atoms with Gasteiger partial charge in [-0.2, -0.15) is 20.3 Å². The molecule has 36 heavy (non-hydrogen) atoms. The van der Waals surface area contributed by atoms with Gasteiger partial charge in [0.15, 0.2) is 11.5 Å². The standard InChI is InChI=1S/C25H26N10O/c1-16(10-26)31-21-9-24(35-25-20(13-30-35)8-18(11-27)12-29-25)28-14-23(21)34-15-22(32-33-34)19-4-2-17(3-5-19)6-7-36/h8-9,12-17,19,36H,2-7H2,1H3,(H,28,31)/t16-,17-,19-/m1/s1. The second kappa shape index (κ2) is 10.1. The van der Waals surface area contributed by atoms with Crippen molar-refractivity contribution < 1.29 is 5.11 Å². The Hall–Kier alpha value is -4.35. The third kappa shape index (κ3) is 4.61. The maximum atomic E-state index is 9.40. The first-order chi connectivity index (χ1) is 17.6. The molecule has 5 rings (SSSR count). The molecular formula is C25H26N10O. The highest BCUT2D eigenvalue weighted by Gasteiger charge is 2.25. The highest BCUT2D eigenvalue weighted by Crippen LogP contribution is 2.36. The number of hydrogen-bond donors (Lipinski definition) is 2. The summed E-state index contributed by atoms with van der Waals surface area (Å²) in [6, 6.07) is 7.36. The van der Waals surface area contributed by atoms with Crippen molar-refractivity contribution in [3.8, 4) is 23.6 Å². The number of nitrogens with one attached hydrogen (secondary N) is 1. The van der Waals surface area contributed by atoms with Gasteiger partial charge in [-0.05, 0) is 51.0 Å². The van der Waals surface area contributed by atoms with Crippen molar-refractivity contribution in [1.82, 2.24) is 34.7 Å². The number of rotatable bonds is 7. The van der Waals surface area contributed by atoms with Crippen molar-refractivity contribution >= 4 is 16.7 Å². The number of nitriles is 2. The Morgan fingerprint density at radius 1 is 1.14 bits per heavy atom. The minimum atomic E-state index is -0.450. The Morgan fingerprint density at radius 3 is 2.72 bits per heavy atom. The van der Waals surface area contributed by atoms with Crippen molar-refractivity contribution in [2.75, 3.05) is 11.9 Å². The van der Waals surface area contributed by atoms with Crippen LogP contribution in [0, 0.1) is 28.6 Å². The molecule has 1 atom stereocenters. The van der Waals surface area contributed by atoms with Crippen LogP contribution in [-0.4, -0.2) is 52.5 Å². The predicted molar refractivity (Wildman–Crippen MR) is 131 cm³/mol. The number of anilines is 1. The number of aliphatic hydroxyl groups is 1.